The average Bonchev–Trinajstić information content (AvgIpc) is 3.07. The number of methoxy groups -OCH3 is 1. The third-order valence-electron chi connectivity index (χ3n) is 6.35. The van der Waals surface area contributed by atoms with Crippen LogP contribution in [0.25, 0.3) is 0 Å². The Labute approximate surface area is 184 Å². The van der Waals surface area contributed by atoms with Gasteiger partial charge in [0.1, 0.15) is 5.82 Å². The first-order chi connectivity index (χ1) is 14.9. The van der Waals surface area contributed by atoms with Crippen molar-refractivity contribution in [3.8, 4) is 0 Å². The first-order valence-corrected chi connectivity index (χ1v) is 11.3. The molecule has 174 valence electrons. The van der Waals surface area contributed by atoms with E-state index in [4.69, 9.17) is 0 Å². The number of nitrogens with zero attached hydrogens (tertiary/aromatic N) is 1. The second kappa shape index (κ2) is 13.4. The van der Waals surface area contributed by atoms with Crippen LogP contribution in [0.5, 0.6) is 0 Å². The molecule has 1 aliphatic carbocycles. The Morgan fingerprint density at radius 1 is 1.23 bits per heavy atom. The Hall–Kier alpha value is -1.99. The molecule has 0 saturated heterocycles. The number of aryl methyl sites for hydroxylation is 1. The van der Waals surface area contributed by atoms with Crippen LogP contribution in [-0.2, 0) is 16.0 Å². The normalized spacial score (nSPS) is 23.2. The summed E-state index contributed by atoms with van der Waals surface area (Å²) >= 11 is 0. The molecule has 1 fully saturated rings. The summed E-state index contributed by atoms with van der Waals surface area (Å²) in [6, 6.07) is 6.40. The van der Waals surface area contributed by atoms with Crippen LogP contribution in [0, 0.1) is 17.7 Å². The van der Waals surface area contributed by atoms with E-state index in [-0.39, 0.29) is 23.6 Å². The number of carbonyl (C=O) groups is 1. The molecule has 31 heavy (non-hydrogen) atoms. The Bertz CT molecular complexity index is 711. The fraction of sp³-hybridized carbons (Fsp3) is 0.667. The van der Waals surface area contributed by atoms with Crippen LogP contribution < -0.4 is 0 Å². The van der Waals surface area contributed by atoms with Crippen LogP contribution in [0.3, 0.4) is 0 Å². The smallest absolute Gasteiger partial charge is 0.305 e. The number of hydrogen-bond donors (Lipinski definition) is 3. The second-order valence-electron chi connectivity index (χ2n) is 8.56. The molecule has 0 amide bonds. The van der Waals surface area contributed by atoms with Gasteiger partial charge in [-0.25, -0.2) is 4.39 Å². The van der Waals surface area contributed by atoms with Crippen molar-refractivity contribution in [2.24, 2.45) is 17.0 Å². The van der Waals surface area contributed by atoms with Gasteiger partial charge >= 0.3 is 5.97 Å². The molecule has 0 spiro atoms. The van der Waals surface area contributed by atoms with Crippen molar-refractivity contribution < 1.29 is 29.3 Å². The molecule has 1 aliphatic rings. The van der Waals surface area contributed by atoms with E-state index < -0.39 is 12.2 Å². The summed E-state index contributed by atoms with van der Waals surface area (Å²) in [6.45, 7) is 0. The van der Waals surface area contributed by atoms with E-state index in [0.717, 1.165) is 37.7 Å². The molecule has 0 heterocycles. The first-order valence-electron chi connectivity index (χ1n) is 11.3. The number of oxime groups is 1. The van der Waals surface area contributed by atoms with Gasteiger partial charge in [-0.2, -0.15) is 0 Å². The Kier molecular flexibility index (Phi) is 10.9. The zero-order valence-corrected chi connectivity index (χ0v) is 18.4. The molecule has 4 atom stereocenters. The number of aliphatic hydroxyl groups is 2. The quantitative estimate of drug-likeness (QED) is 0.186. The van der Waals surface area contributed by atoms with Crippen molar-refractivity contribution in [3.05, 3.63) is 35.6 Å². The van der Waals surface area contributed by atoms with Crippen molar-refractivity contribution in [2.75, 3.05) is 7.11 Å². The van der Waals surface area contributed by atoms with Gasteiger partial charge in [0.15, 0.2) is 0 Å². The molecule has 2 rings (SSSR count). The predicted molar refractivity (Wildman–Crippen MR) is 117 cm³/mol. The van der Waals surface area contributed by atoms with E-state index in [1.807, 2.05) is 6.07 Å². The van der Waals surface area contributed by atoms with E-state index in [0.29, 0.717) is 44.2 Å². The van der Waals surface area contributed by atoms with Gasteiger partial charge in [-0.1, -0.05) is 36.6 Å². The molecular formula is C24H36FNO5. The fourth-order valence-electron chi connectivity index (χ4n) is 4.57. The lowest BCUT2D eigenvalue weighted by Crippen LogP contribution is -2.22. The Balaban J connectivity index is 1.76. The van der Waals surface area contributed by atoms with Gasteiger partial charge in [0.05, 0.1) is 25.0 Å². The van der Waals surface area contributed by atoms with E-state index in [1.54, 1.807) is 6.07 Å². The highest BCUT2D eigenvalue weighted by Gasteiger charge is 2.39. The Morgan fingerprint density at radius 2 is 2.00 bits per heavy atom. The molecule has 0 aliphatic heterocycles. The maximum absolute atomic E-state index is 13.3. The van der Waals surface area contributed by atoms with Crippen molar-refractivity contribution >= 4 is 11.7 Å². The molecule has 0 bridgehead atoms. The van der Waals surface area contributed by atoms with Crippen molar-refractivity contribution in [3.63, 3.8) is 0 Å². The van der Waals surface area contributed by atoms with Crippen LogP contribution in [-0.4, -0.2) is 46.4 Å². The van der Waals surface area contributed by atoms with E-state index in [9.17, 15) is 24.6 Å². The minimum absolute atomic E-state index is 0.0157. The van der Waals surface area contributed by atoms with E-state index in [2.05, 4.69) is 9.89 Å². The molecule has 7 heteroatoms. The van der Waals surface area contributed by atoms with E-state index in [1.165, 1.54) is 19.2 Å². The highest BCUT2D eigenvalue weighted by molar-refractivity contribution is 5.89. The van der Waals surface area contributed by atoms with Crippen molar-refractivity contribution in [1.29, 1.82) is 0 Å². The highest BCUT2D eigenvalue weighted by Crippen LogP contribution is 2.37. The number of esters is 1. The Morgan fingerprint density at radius 3 is 2.71 bits per heavy atom. The highest BCUT2D eigenvalue weighted by atomic mass is 19.1. The molecule has 3 N–H and O–H groups in total. The molecule has 0 aromatic heterocycles. The van der Waals surface area contributed by atoms with Gasteiger partial charge in [0.25, 0.3) is 0 Å². The van der Waals surface area contributed by atoms with Crippen LogP contribution in [0.15, 0.2) is 29.4 Å². The summed E-state index contributed by atoms with van der Waals surface area (Å²) in [5.74, 6) is -0.490. The number of halogens is 1. The van der Waals surface area contributed by atoms with E-state index >= 15 is 0 Å². The molecule has 0 unspecified atom stereocenters. The fourth-order valence-corrected chi connectivity index (χ4v) is 4.57. The lowest BCUT2D eigenvalue weighted by molar-refractivity contribution is -0.140. The zero-order chi connectivity index (χ0) is 22.6. The van der Waals surface area contributed by atoms with Gasteiger partial charge in [-0.15, -0.1) is 0 Å². The third kappa shape index (κ3) is 8.57. The SMILES string of the molecule is COC(=O)CCCCCC[C@H]1[C@@H](O)C/C(=N/O)[C@@H]1CC[C@@H](O)CCc1cccc(F)c1. The molecule has 1 aromatic carbocycles. The molecule has 1 saturated carbocycles. The van der Waals surface area contributed by atoms with Crippen LogP contribution in [0.2, 0.25) is 0 Å². The van der Waals surface area contributed by atoms with Gasteiger partial charge in [-0.05, 0) is 62.1 Å². The number of carbonyl (C=O) groups excluding carboxylic acids is 1. The van der Waals surface area contributed by atoms with Crippen LogP contribution in [0.1, 0.15) is 69.8 Å². The van der Waals surface area contributed by atoms with Crippen LogP contribution in [0.4, 0.5) is 4.39 Å². The lowest BCUT2D eigenvalue weighted by atomic mass is 9.84. The third-order valence-corrected chi connectivity index (χ3v) is 6.35. The summed E-state index contributed by atoms with van der Waals surface area (Å²) in [5, 5.41) is 33.6. The average molecular weight is 438 g/mol. The number of unbranched alkanes of at least 4 members (excludes halogenated alkanes) is 3. The van der Waals surface area contributed by atoms with Crippen molar-refractivity contribution in [2.45, 2.75) is 82.8 Å². The summed E-state index contributed by atoms with van der Waals surface area (Å²) < 4.78 is 17.9. The minimum Gasteiger partial charge on any atom is -0.469 e. The summed E-state index contributed by atoms with van der Waals surface area (Å²) in [4.78, 5) is 11.1. The topological polar surface area (TPSA) is 99.4 Å². The minimum atomic E-state index is -0.532. The lowest BCUT2D eigenvalue weighted by Gasteiger charge is -2.23. The largest absolute Gasteiger partial charge is 0.469 e. The standard InChI is InChI=1S/C24H36FNO5/c1-31-24(29)10-5-3-2-4-9-21-20(22(26-30)16-23(21)28)14-13-19(27)12-11-17-7-6-8-18(25)15-17/h6-8,15,19-21,23,27-28,30H,2-5,9-14,16H2,1H3/b26-22-/t19-,20+,21+,23-/m0/s1. The predicted octanol–water partition coefficient (Wildman–Crippen LogP) is 4.24. The number of benzene rings is 1. The molecule has 1 aromatic rings. The number of rotatable bonds is 13. The van der Waals surface area contributed by atoms with Gasteiger partial charge < -0.3 is 20.2 Å². The second-order valence-corrected chi connectivity index (χ2v) is 8.56. The maximum Gasteiger partial charge on any atom is 0.305 e. The number of ether oxygens (including phenoxy) is 1. The molecular weight excluding hydrogens is 401 g/mol. The summed E-state index contributed by atoms with van der Waals surface area (Å²) in [5.41, 5.74) is 1.47. The first kappa shape index (κ1) is 25.3. The zero-order valence-electron chi connectivity index (χ0n) is 18.4. The molecule has 6 nitrogen and oxygen atoms in total. The molecule has 0 radical (unpaired) electrons. The number of aliphatic hydroxyl groups excluding tert-OH is 2. The maximum atomic E-state index is 13.3. The summed E-state index contributed by atoms with van der Waals surface area (Å²) in [6.07, 6.45) is 6.51. The van der Waals surface area contributed by atoms with Crippen molar-refractivity contribution in [1.82, 2.24) is 0 Å². The van der Waals surface area contributed by atoms with Gasteiger partial charge in [-0.3, -0.25) is 4.79 Å². The van der Waals surface area contributed by atoms with Crippen LogP contribution >= 0.6 is 0 Å². The van der Waals surface area contributed by atoms with Gasteiger partial charge in [0.2, 0.25) is 0 Å². The number of hydrogen-bond acceptors (Lipinski definition) is 6. The van der Waals surface area contributed by atoms with Gasteiger partial charge in [0, 0.05) is 18.8 Å². The monoisotopic (exact) mass is 437 g/mol. The summed E-state index contributed by atoms with van der Waals surface area (Å²) in [7, 11) is 1.39.